The van der Waals surface area contributed by atoms with Gasteiger partial charge >= 0.3 is 0 Å². The average molecular weight is 240 g/mol. The Balaban J connectivity index is 2.42. The van der Waals surface area contributed by atoms with Crippen LogP contribution < -0.4 is 5.32 Å². The molecule has 0 spiro atoms. The highest BCUT2D eigenvalue weighted by atomic mass is 15.2. The Kier molecular flexibility index (Phi) is 7.14. The summed E-state index contributed by atoms with van der Waals surface area (Å²) in [5, 5.41) is 3.45. The molecule has 1 fully saturated rings. The summed E-state index contributed by atoms with van der Waals surface area (Å²) in [7, 11) is 0. The van der Waals surface area contributed by atoms with Gasteiger partial charge in [0.2, 0.25) is 0 Å². The van der Waals surface area contributed by atoms with Crippen molar-refractivity contribution < 1.29 is 0 Å². The third-order valence-corrected chi connectivity index (χ3v) is 3.92. The first kappa shape index (κ1) is 15.0. The van der Waals surface area contributed by atoms with Crippen LogP contribution in [-0.2, 0) is 0 Å². The van der Waals surface area contributed by atoms with E-state index in [0.717, 1.165) is 24.5 Å². The molecular weight excluding hydrogens is 208 g/mol. The minimum atomic E-state index is 0.736. The maximum absolute atomic E-state index is 3.45. The third-order valence-electron chi connectivity index (χ3n) is 3.92. The van der Waals surface area contributed by atoms with Gasteiger partial charge in [0.15, 0.2) is 0 Å². The van der Waals surface area contributed by atoms with Gasteiger partial charge in [0.25, 0.3) is 0 Å². The lowest BCUT2D eigenvalue weighted by atomic mass is 10.1. The molecule has 1 saturated carbocycles. The van der Waals surface area contributed by atoms with E-state index in [1.54, 1.807) is 0 Å². The van der Waals surface area contributed by atoms with Crippen LogP contribution in [0.25, 0.3) is 0 Å². The molecule has 0 aliphatic heterocycles. The molecule has 0 radical (unpaired) electrons. The number of nitrogens with zero attached hydrogens (tertiary/aromatic N) is 1. The molecule has 1 unspecified atom stereocenters. The monoisotopic (exact) mass is 240 g/mol. The maximum Gasteiger partial charge on any atom is 0.00981 e. The third kappa shape index (κ3) is 5.39. The van der Waals surface area contributed by atoms with Crippen LogP contribution >= 0.6 is 0 Å². The fraction of sp³-hybridized carbons (Fsp3) is 1.00. The molecule has 0 aromatic rings. The van der Waals surface area contributed by atoms with Crippen LogP contribution in [0.5, 0.6) is 0 Å². The summed E-state index contributed by atoms with van der Waals surface area (Å²) in [6.45, 7) is 12.8. The average Bonchev–Trinajstić information content (AvgIpc) is 2.79. The summed E-state index contributed by atoms with van der Waals surface area (Å²) in [5.74, 6) is 0.789. The summed E-state index contributed by atoms with van der Waals surface area (Å²) in [6.07, 6.45) is 7.03. The Morgan fingerprint density at radius 3 is 2.35 bits per heavy atom. The van der Waals surface area contributed by atoms with E-state index in [0.29, 0.717) is 0 Å². The van der Waals surface area contributed by atoms with Gasteiger partial charge in [0.1, 0.15) is 0 Å². The van der Waals surface area contributed by atoms with Crippen molar-refractivity contribution in [1.82, 2.24) is 10.2 Å². The zero-order valence-corrected chi connectivity index (χ0v) is 12.3. The Bertz CT molecular complexity index is 185. The SMILES string of the molecule is CCNCCC(C)N(CC(C)C)C1CCCC1. The van der Waals surface area contributed by atoms with Gasteiger partial charge in [-0.25, -0.2) is 0 Å². The zero-order chi connectivity index (χ0) is 12.7. The Morgan fingerprint density at radius 2 is 1.82 bits per heavy atom. The number of nitrogens with one attached hydrogen (secondary N) is 1. The minimum Gasteiger partial charge on any atom is -0.317 e. The van der Waals surface area contributed by atoms with Crippen molar-refractivity contribution in [3.05, 3.63) is 0 Å². The molecule has 0 amide bonds. The van der Waals surface area contributed by atoms with E-state index in [4.69, 9.17) is 0 Å². The van der Waals surface area contributed by atoms with Crippen molar-refractivity contribution in [1.29, 1.82) is 0 Å². The minimum absolute atomic E-state index is 0.736. The van der Waals surface area contributed by atoms with Gasteiger partial charge in [0, 0.05) is 18.6 Å². The molecule has 1 aliphatic carbocycles. The fourth-order valence-corrected chi connectivity index (χ4v) is 3.00. The van der Waals surface area contributed by atoms with Gasteiger partial charge in [-0.3, -0.25) is 4.90 Å². The van der Waals surface area contributed by atoms with Crippen LogP contribution in [0.15, 0.2) is 0 Å². The van der Waals surface area contributed by atoms with Gasteiger partial charge < -0.3 is 5.32 Å². The van der Waals surface area contributed by atoms with Crippen molar-refractivity contribution in [2.24, 2.45) is 5.92 Å². The fourth-order valence-electron chi connectivity index (χ4n) is 3.00. The van der Waals surface area contributed by atoms with Gasteiger partial charge in [-0.2, -0.15) is 0 Å². The van der Waals surface area contributed by atoms with E-state index in [1.807, 2.05) is 0 Å². The second kappa shape index (κ2) is 8.10. The summed E-state index contributed by atoms with van der Waals surface area (Å²) >= 11 is 0. The van der Waals surface area contributed by atoms with E-state index in [9.17, 15) is 0 Å². The lowest BCUT2D eigenvalue weighted by molar-refractivity contribution is 0.121. The Hall–Kier alpha value is -0.0800. The molecular formula is C15H32N2. The van der Waals surface area contributed by atoms with E-state index < -0.39 is 0 Å². The predicted molar refractivity (Wildman–Crippen MR) is 76.4 cm³/mol. The second-order valence-electron chi connectivity index (χ2n) is 6.02. The number of hydrogen-bond acceptors (Lipinski definition) is 2. The van der Waals surface area contributed by atoms with E-state index >= 15 is 0 Å². The molecule has 0 bridgehead atoms. The number of rotatable bonds is 8. The van der Waals surface area contributed by atoms with E-state index in [1.165, 1.54) is 45.2 Å². The van der Waals surface area contributed by atoms with Crippen LogP contribution in [0.3, 0.4) is 0 Å². The highest BCUT2D eigenvalue weighted by Gasteiger charge is 2.26. The number of hydrogen-bond donors (Lipinski definition) is 1. The van der Waals surface area contributed by atoms with Gasteiger partial charge in [0.05, 0.1) is 0 Å². The van der Waals surface area contributed by atoms with Crippen molar-refractivity contribution in [2.75, 3.05) is 19.6 Å². The molecule has 1 rings (SSSR count). The molecule has 102 valence electrons. The summed E-state index contributed by atoms with van der Waals surface area (Å²) in [6, 6.07) is 1.61. The van der Waals surface area contributed by atoms with Crippen LogP contribution in [0.2, 0.25) is 0 Å². The largest absolute Gasteiger partial charge is 0.317 e. The first-order valence-corrected chi connectivity index (χ1v) is 7.61. The summed E-state index contributed by atoms with van der Waals surface area (Å²) < 4.78 is 0. The molecule has 1 atom stereocenters. The highest BCUT2D eigenvalue weighted by Crippen LogP contribution is 2.26. The first-order valence-electron chi connectivity index (χ1n) is 7.61. The van der Waals surface area contributed by atoms with Crippen molar-refractivity contribution in [2.45, 2.75) is 71.9 Å². The van der Waals surface area contributed by atoms with Crippen LogP contribution in [-0.4, -0.2) is 36.6 Å². The molecule has 2 nitrogen and oxygen atoms in total. The second-order valence-corrected chi connectivity index (χ2v) is 6.02. The molecule has 1 N–H and O–H groups in total. The van der Waals surface area contributed by atoms with E-state index in [2.05, 4.69) is 37.9 Å². The normalized spacial score (nSPS) is 19.4. The van der Waals surface area contributed by atoms with Crippen molar-refractivity contribution >= 4 is 0 Å². The molecule has 0 saturated heterocycles. The lowest BCUT2D eigenvalue weighted by Gasteiger charge is -2.36. The molecule has 2 heteroatoms. The maximum atomic E-state index is 3.45. The van der Waals surface area contributed by atoms with Gasteiger partial charge in [-0.15, -0.1) is 0 Å². The Morgan fingerprint density at radius 1 is 1.18 bits per heavy atom. The molecule has 17 heavy (non-hydrogen) atoms. The quantitative estimate of drug-likeness (QED) is 0.655. The van der Waals surface area contributed by atoms with Crippen LogP contribution in [0, 0.1) is 5.92 Å². The molecule has 1 aliphatic rings. The zero-order valence-electron chi connectivity index (χ0n) is 12.3. The summed E-state index contributed by atoms with van der Waals surface area (Å²) in [5.41, 5.74) is 0. The molecule has 0 heterocycles. The first-order chi connectivity index (χ1) is 8.15. The molecule has 0 aromatic carbocycles. The van der Waals surface area contributed by atoms with E-state index in [-0.39, 0.29) is 0 Å². The highest BCUT2D eigenvalue weighted by molar-refractivity contribution is 4.82. The molecule has 0 aromatic heterocycles. The smallest absolute Gasteiger partial charge is 0.00981 e. The van der Waals surface area contributed by atoms with Crippen molar-refractivity contribution in [3.8, 4) is 0 Å². The lowest BCUT2D eigenvalue weighted by Crippen LogP contribution is -2.43. The van der Waals surface area contributed by atoms with Gasteiger partial charge in [-0.1, -0.05) is 33.6 Å². The van der Waals surface area contributed by atoms with Gasteiger partial charge in [-0.05, 0) is 45.2 Å². The van der Waals surface area contributed by atoms with Crippen LogP contribution in [0.1, 0.15) is 59.8 Å². The Labute approximate surface area is 108 Å². The van der Waals surface area contributed by atoms with Crippen molar-refractivity contribution in [3.63, 3.8) is 0 Å². The van der Waals surface area contributed by atoms with Crippen LogP contribution in [0.4, 0.5) is 0 Å². The summed E-state index contributed by atoms with van der Waals surface area (Å²) in [4.78, 5) is 2.79. The topological polar surface area (TPSA) is 15.3 Å². The standard InChI is InChI=1S/C15H32N2/c1-5-16-11-10-14(4)17(12-13(2)3)15-8-6-7-9-15/h13-16H,5-12H2,1-4H3. The predicted octanol–water partition coefficient (Wildman–Crippen LogP) is 3.28.